The molecule has 1 aromatic rings. The Labute approximate surface area is 73.4 Å². The lowest BCUT2D eigenvalue weighted by atomic mass is 10.3. The highest BCUT2D eigenvalue weighted by molar-refractivity contribution is 8.09. The lowest BCUT2D eigenvalue weighted by Crippen LogP contribution is -2.30. The van der Waals surface area contributed by atoms with Gasteiger partial charge in [-0.1, -0.05) is 0 Å². The molecule has 0 amide bonds. The van der Waals surface area contributed by atoms with E-state index < -0.39 is 26.2 Å². The minimum Gasteiger partial charge on any atom is -0.304 e. The highest BCUT2D eigenvalue weighted by atomic mass is 32.3. The van der Waals surface area contributed by atoms with Crippen LogP contribution in [0.25, 0.3) is 0 Å². The first kappa shape index (κ1) is 10.2. The first-order chi connectivity index (χ1) is 5.67. The van der Waals surface area contributed by atoms with E-state index >= 15 is 0 Å². The van der Waals surface area contributed by atoms with Crippen LogP contribution in [0.2, 0.25) is 0 Å². The summed E-state index contributed by atoms with van der Waals surface area (Å²) in [6.45, 7) is 0. The van der Waals surface area contributed by atoms with Crippen LogP contribution in [0.1, 0.15) is 0 Å². The van der Waals surface area contributed by atoms with Crippen LogP contribution in [-0.4, -0.2) is 19.6 Å². The molecule has 0 aromatic heterocycles. The fraction of sp³-hybridized carbons (Fsp3) is 0.143. The zero-order valence-electron chi connectivity index (χ0n) is 6.70. The molecule has 0 aliphatic carbocycles. The van der Waals surface area contributed by atoms with Gasteiger partial charge in [0.05, 0.1) is 4.90 Å². The predicted octanol–water partition coefficient (Wildman–Crippen LogP) is 1.72. The second-order valence-electron chi connectivity index (χ2n) is 2.81. The highest BCUT2D eigenvalue weighted by Gasteiger charge is 2.29. The van der Waals surface area contributed by atoms with Gasteiger partial charge in [-0.05, 0) is 12.1 Å². The van der Waals surface area contributed by atoms with Gasteiger partial charge in [-0.3, -0.25) is 0 Å². The van der Waals surface area contributed by atoms with Gasteiger partial charge < -0.3 is 9.11 Å². The average molecular weight is 210 g/mol. The quantitative estimate of drug-likeness (QED) is 0.742. The topological polar surface area (TPSA) is 57.5 Å². The van der Waals surface area contributed by atoms with Gasteiger partial charge >= 0.3 is 0 Å². The van der Waals surface area contributed by atoms with Gasteiger partial charge in [-0.25, -0.2) is 13.0 Å². The SMILES string of the molecule is CS(=O)(O)(O)c1ccc(F)cc1F. The Morgan fingerprint density at radius 2 is 1.85 bits per heavy atom. The molecule has 0 fully saturated rings. The Balaban J connectivity index is 3.43. The lowest BCUT2D eigenvalue weighted by molar-refractivity contribution is 0.391. The Bertz CT molecular complexity index is 399. The van der Waals surface area contributed by atoms with Crippen molar-refractivity contribution in [2.24, 2.45) is 0 Å². The first-order valence-electron chi connectivity index (χ1n) is 3.26. The molecule has 0 spiro atoms. The van der Waals surface area contributed by atoms with Crippen LogP contribution in [0.5, 0.6) is 0 Å². The summed E-state index contributed by atoms with van der Waals surface area (Å²) in [7, 11) is -5.11. The van der Waals surface area contributed by atoms with Crippen molar-refractivity contribution >= 4 is 9.63 Å². The van der Waals surface area contributed by atoms with Gasteiger partial charge in [-0.2, -0.15) is 0 Å². The van der Waals surface area contributed by atoms with Gasteiger partial charge in [0.15, 0.2) is 0 Å². The molecule has 1 rings (SSSR count). The molecular weight excluding hydrogens is 202 g/mol. The Kier molecular flexibility index (Phi) is 2.02. The van der Waals surface area contributed by atoms with Crippen molar-refractivity contribution in [2.75, 3.05) is 6.26 Å². The molecular formula is C7H8F2O3S. The normalized spacial score (nSPS) is 15.0. The highest BCUT2D eigenvalue weighted by Crippen LogP contribution is 2.27. The molecule has 2 N–H and O–H groups in total. The van der Waals surface area contributed by atoms with Crippen molar-refractivity contribution in [3.05, 3.63) is 29.8 Å². The Morgan fingerprint density at radius 3 is 2.23 bits per heavy atom. The Hall–Kier alpha value is -0.850. The van der Waals surface area contributed by atoms with E-state index in [9.17, 15) is 13.0 Å². The zero-order chi connectivity index (χ0) is 10.3. The largest absolute Gasteiger partial charge is 0.304 e. The third-order valence-corrected chi connectivity index (χ3v) is 2.74. The predicted molar refractivity (Wildman–Crippen MR) is 43.9 cm³/mol. The van der Waals surface area contributed by atoms with Crippen LogP contribution in [-0.2, 0) is 9.63 Å². The average Bonchev–Trinajstić information content (AvgIpc) is 1.80. The maximum Gasteiger partial charge on any atom is 0.144 e. The lowest BCUT2D eigenvalue weighted by Gasteiger charge is -2.25. The van der Waals surface area contributed by atoms with E-state index in [1.807, 2.05) is 0 Å². The standard InChI is InChI=1S/C7H8F2O3S/c1-13(10,11,12)7-3-2-5(8)4-6(7)9/h2-4H,1H3,(H2,10,11,12). The van der Waals surface area contributed by atoms with E-state index in [1.54, 1.807) is 0 Å². The van der Waals surface area contributed by atoms with Crippen molar-refractivity contribution in [1.29, 1.82) is 0 Å². The van der Waals surface area contributed by atoms with Gasteiger partial charge in [0, 0.05) is 12.3 Å². The van der Waals surface area contributed by atoms with Crippen molar-refractivity contribution < 1.29 is 22.1 Å². The third kappa shape index (κ3) is 2.30. The molecule has 0 aliphatic rings. The molecule has 0 saturated heterocycles. The second kappa shape index (κ2) is 2.57. The zero-order valence-corrected chi connectivity index (χ0v) is 7.52. The molecule has 0 unspecified atom stereocenters. The molecule has 0 heterocycles. The molecule has 1 aromatic carbocycles. The van der Waals surface area contributed by atoms with Crippen molar-refractivity contribution in [1.82, 2.24) is 0 Å². The van der Waals surface area contributed by atoms with Gasteiger partial charge in [0.25, 0.3) is 0 Å². The van der Waals surface area contributed by atoms with Gasteiger partial charge in [0.1, 0.15) is 21.3 Å². The molecule has 6 heteroatoms. The van der Waals surface area contributed by atoms with Crippen LogP contribution in [0.3, 0.4) is 0 Å². The van der Waals surface area contributed by atoms with Crippen LogP contribution < -0.4 is 0 Å². The fourth-order valence-electron chi connectivity index (χ4n) is 0.856. The van der Waals surface area contributed by atoms with Crippen molar-refractivity contribution in [2.45, 2.75) is 4.90 Å². The third-order valence-electron chi connectivity index (χ3n) is 1.40. The number of benzene rings is 1. The van der Waals surface area contributed by atoms with Crippen LogP contribution in [0.15, 0.2) is 23.1 Å². The summed E-state index contributed by atoms with van der Waals surface area (Å²) >= 11 is 0. The second-order valence-corrected chi connectivity index (χ2v) is 5.71. The summed E-state index contributed by atoms with van der Waals surface area (Å²) in [5.41, 5.74) is 0. The summed E-state index contributed by atoms with van der Waals surface area (Å²) in [4.78, 5) is -0.807. The number of hydrogen-bond donors (Lipinski definition) is 2. The van der Waals surface area contributed by atoms with E-state index in [0.717, 1.165) is 12.1 Å². The minimum atomic E-state index is -5.11. The number of hydrogen-bond acceptors (Lipinski definition) is 1. The van der Waals surface area contributed by atoms with E-state index in [4.69, 9.17) is 9.11 Å². The van der Waals surface area contributed by atoms with E-state index in [0.29, 0.717) is 12.3 Å². The van der Waals surface area contributed by atoms with Crippen LogP contribution in [0.4, 0.5) is 8.78 Å². The summed E-state index contributed by atoms with van der Waals surface area (Å²) in [6, 6.07) is 1.96. The van der Waals surface area contributed by atoms with Crippen molar-refractivity contribution in [3.63, 3.8) is 0 Å². The van der Waals surface area contributed by atoms with E-state index in [1.165, 1.54) is 0 Å². The van der Waals surface area contributed by atoms with Crippen LogP contribution >= 0.6 is 0 Å². The molecule has 0 bridgehead atoms. The smallest absolute Gasteiger partial charge is 0.144 e. The molecule has 0 saturated carbocycles. The number of rotatable bonds is 1. The molecule has 74 valence electrons. The molecule has 0 aliphatic heterocycles. The monoisotopic (exact) mass is 210 g/mol. The molecule has 0 radical (unpaired) electrons. The summed E-state index contributed by atoms with van der Waals surface area (Å²) < 4.78 is 54.2. The molecule has 13 heavy (non-hydrogen) atoms. The van der Waals surface area contributed by atoms with Gasteiger partial charge in [0.2, 0.25) is 0 Å². The van der Waals surface area contributed by atoms with Crippen molar-refractivity contribution in [3.8, 4) is 0 Å². The van der Waals surface area contributed by atoms with E-state index in [-0.39, 0.29) is 0 Å². The minimum absolute atomic E-state index is 0.430. The maximum atomic E-state index is 12.9. The summed E-state index contributed by atoms with van der Waals surface area (Å²) in [6.07, 6.45) is 0.577. The summed E-state index contributed by atoms with van der Waals surface area (Å²) in [5.74, 6) is -2.12. The fourth-order valence-corrected chi connectivity index (χ4v) is 1.75. The first-order valence-corrected chi connectivity index (χ1v) is 5.55. The maximum absolute atomic E-state index is 12.9. The van der Waals surface area contributed by atoms with Crippen LogP contribution in [0, 0.1) is 11.6 Å². The van der Waals surface area contributed by atoms with E-state index in [2.05, 4.69) is 0 Å². The number of halogens is 2. The van der Waals surface area contributed by atoms with Gasteiger partial charge in [-0.15, -0.1) is 0 Å². The Morgan fingerprint density at radius 1 is 1.31 bits per heavy atom. The summed E-state index contributed by atoms with van der Waals surface area (Å²) in [5, 5.41) is 0. The molecule has 0 atom stereocenters. The molecule has 3 nitrogen and oxygen atoms in total.